The molecule has 3 aromatic rings. The van der Waals surface area contributed by atoms with Gasteiger partial charge in [0.05, 0.1) is 16.0 Å². The fraction of sp³-hybridized carbons (Fsp3) is 0. The molecule has 6 heteroatoms. The highest BCUT2D eigenvalue weighted by atomic mass is 32.1. The number of nitrogens with zero attached hydrogens (tertiary/aromatic N) is 3. The maximum Gasteiger partial charge on any atom is 0.289 e. The largest absolute Gasteiger partial charge is 0.289 e. The first-order valence-corrected chi connectivity index (χ1v) is 6.06. The van der Waals surface area contributed by atoms with Crippen molar-refractivity contribution in [3.05, 3.63) is 52.3 Å². The predicted molar refractivity (Wildman–Crippen MR) is 69.5 cm³/mol. The van der Waals surface area contributed by atoms with Gasteiger partial charge in [0.2, 0.25) is 0 Å². The summed E-state index contributed by atoms with van der Waals surface area (Å²) in [6.45, 7) is 0. The van der Waals surface area contributed by atoms with Crippen LogP contribution < -0.4 is 0 Å². The summed E-state index contributed by atoms with van der Waals surface area (Å²) >= 11 is 1.28. The number of benzene rings is 1. The molecular weight excluding hydrogens is 250 g/mol. The van der Waals surface area contributed by atoms with Crippen LogP contribution in [0, 0.1) is 10.1 Å². The molecule has 0 fully saturated rings. The van der Waals surface area contributed by atoms with E-state index >= 15 is 0 Å². The summed E-state index contributed by atoms with van der Waals surface area (Å²) in [5.74, 6) is 0. The molecule has 0 N–H and O–H groups in total. The Morgan fingerprint density at radius 2 is 2.17 bits per heavy atom. The number of rotatable bonds is 2. The smallest absolute Gasteiger partial charge is 0.264 e. The van der Waals surface area contributed by atoms with Crippen LogP contribution in [0.15, 0.2) is 42.2 Å². The standard InChI is InChI=1S/C12H7N3O2S/c16-15(17)11-5-9(8-2-1-3-13-6-8)4-10-12(11)18-7-14-10/h1-7H. The van der Waals surface area contributed by atoms with Gasteiger partial charge in [-0.05, 0) is 17.7 Å². The zero-order chi connectivity index (χ0) is 12.5. The number of thiazole rings is 1. The number of fused-ring (bicyclic) bond motifs is 1. The third kappa shape index (κ3) is 1.72. The number of aromatic nitrogens is 2. The molecule has 2 heterocycles. The molecule has 0 aliphatic carbocycles. The Bertz CT molecular complexity index is 725. The van der Waals surface area contributed by atoms with Crippen LogP contribution in [0.3, 0.4) is 0 Å². The highest BCUT2D eigenvalue weighted by Crippen LogP contribution is 2.33. The summed E-state index contributed by atoms with van der Waals surface area (Å²) in [6.07, 6.45) is 3.34. The summed E-state index contributed by atoms with van der Waals surface area (Å²) in [5.41, 5.74) is 3.95. The van der Waals surface area contributed by atoms with Crippen molar-refractivity contribution in [3.63, 3.8) is 0 Å². The monoisotopic (exact) mass is 257 g/mol. The minimum absolute atomic E-state index is 0.0915. The van der Waals surface area contributed by atoms with E-state index in [0.29, 0.717) is 10.2 Å². The van der Waals surface area contributed by atoms with Crippen molar-refractivity contribution in [1.29, 1.82) is 0 Å². The molecule has 0 saturated heterocycles. The Balaban J connectivity index is 2.29. The Hall–Kier alpha value is -2.34. The van der Waals surface area contributed by atoms with Crippen molar-refractivity contribution in [1.82, 2.24) is 9.97 Å². The Morgan fingerprint density at radius 1 is 1.28 bits per heavy atom. The van der Waals surface area contributed by atoms with Crippen molar-refractivity contribution in [2.45, 2.75) is 0 Å². The third-order valence-corrected chi connectivity index (χ3v) is 3.47. The molecule has 0 aliphatic heterocycles. The number of pyridine rings is 1. The van der Waals surface area contributed by atoms with Gasteiger partial charge in [-0.15, -0.1) is 11.3 Å². The molecule has 18 heavy (non-hydrogen) atoms. The van der Waals surface area contributed by atoms with E-state index in [-0.39, 0.29) is 10.6 Å². The van der Waals surface area contributed by atoms with Gasteiger partial charge in [-0.3, -0.25) is 15.1 Å². The molecule has 0 amide bonds. The van der Waals surface area contributed by atoms with Gasteiger partial charge in [0.15, 0.2) is 0 Å². The van der Waals surface area contributed by atoms with Crippen molar-refractivity contribution >= 4 is 27.2 Å². The summed E-state index contributed by atoms with van der Waals surface area (Å²) in [4.78, 5) is 18.8. The fourth-order valence-electron chi connectivity index (χ4n) is 1.79. The molecule has 0 spiro atoms. The van der Waals surface area contributed by atoms with Crippen LogP contribution in [0.2, 0.25) is 0 Å². The average molecular weight is 257 g/mol. The molecule has 5 nitrogen and oxygen atoms in total. The van der Waals surface area contributed by atoms with E-state index < -0.39 is 0 Å². The number of non-ortho nitro benzene ring substituents is 1. The van der Waals surface area contributed by atoms with Gasteiger partial charge in [-0.25, -0.2) is 4.98 Å². The number of hydrogen-bond donors (Lipinski definition) is 0. The molecule has 88 valence electrons. The molecule has 0 saturated carbocycles. The van der Waals surface area contributed by atoms with Gasteiger partial charge in [-0.2, -0.15) is 0 Å². The van der Waals surface area contributed by atoms with E-state index in [4.69, 9.17) is 0 Å². The number of hydrogen-bond acceptors (Lipinski definition) is 5. The SMILES string of the molecule is O=[N+]([O-])c1cc(-c2cccnc2)cc2ncsc12. The highest BCUT2D eigenvalue weighted by molar-refractivity contribution is 7.17. The maximum absolute atomic E-state index is 11.1. The van der Waals surface area contributed by atoms with E-state index in [1.54, 1.807) is 30.0 Å². The Labute approximate surface area is 106 Å². The summed E-state index contributed by atoms with van der Waals surface area (Å²) in [5, 5.41) is 11.1. The lowest BCUT2D eigenvalue weighted by Crippen LogP contribution is -1.89. The van der Waals surface area contributed by atoms with Crippen LogP contribution in [0.1, 0.15) is 0 Å². The van der Waals surface area contributed by atoms with E-state index in [2.05, 4.69) is 9.97 Å². The fourth-order valence-corrected chi connectivity index (χ4v) is 2.55. The predicted octanol–water partition coefficient (Wildman–Crippen LogP) is 3.27. The second-order valence-electron chi connectivity index (χ2n) is 3.69. The first-order valence-electron chi connectivity index (χ1n) is 5.18. The van der Waals surface area contributed by atoms with Gasteiger partial charge in [0.25, 0.3) is 5.69 Å². The van der Waals surface area contributed by atoms with Crippen LogP contribution in [-0.4, -0.2) is 14.9 Å². The second kappa shape index (κ2) is 4.15. The number of nitro benzene ring substituents is 1. The van der Waals surface area contributed by atoms with Crippen molar-refractivity contribution < 1.29 is 4.92 Å². The molecule has 0 aliphatic rings. The minimum atomic E-state index is -0.375. The van der Waals surface area contributed by atoms with Gasteiger partial charge in [0, 0.05) is 24.0 Å². The van der Waals surface area contributed by atoms with Gasteiger partial charge in [-0.1, -0.05) is 6.07 Å². The van der Waals surface area contributed by atoms with Crippen LogP contribution in [-0.2, 0) is 0 Å². The van der Waals surface area contributed by atoms with E-state index in [0.717, 1.165) is 11.1 Å². The van der Waals surface area contributed by atoms with Gasteiger partial charge in [0.1, 0.15) is 4.70 Å². The summed E-state index contributed by atoms with van der Waals surface area (Å²) in [6, 6.07) is 7.07. The highest BCUT2D eigenvalue weighted by Gasteiger charge is 2.16. The summed E-state index contributed by atoms with van der Waals surface area (Å²) < 4.78 is 0.604. The molecular formula is C12H7N3O2S. The third-order valence-electron chi connectivity index (χ3n) is 2.60. The van der Waals surface area contributed by atoms with Crippen LogP contribution in [0.4, 0.5) is 5.69 Å². The first kappa shape index (κ1) is 10.8. The normalized spacial score (nSPS) is 10.7. The molecule has 0 unspecified atom stereocenters. The molecule has 3 rings (SSSR count). The zero-order valence-corrected chi connectivity index (χ0v) is 9.92. The van der Waals surface area contributed by atoms with E-state index in [1.807, 2.05) is 12.1 Å². The second-order valence-corrected chi connectivity index (χ2v) is 4.55. The van der Waals surface area contributed by atoms with Gasteiger partial charge < -0.3 is 0 Å². The maximum atomic E-state index is 11.1. The molecule has 0 atom stereocenters. The lowest BCUT2D eigenvalue weighted by molar-refractivity contribution is -0.382. The summed E-state index contributed by atoms with van der Waals surface area (Å²) in [7, 11) is 0. The van der Waals surface area contributed by atoms with Crippen molar-refractivity contribution in [2.24, 2.45) is 0 Å². The Kier molecular flexibility index (Phi) is 2.49. The van der Waals surface area contributed by atoms with Crippen molar-refractivity contribution in [2.75, 3.05) is 0 Å². The molecule has 2 aromatic heterocycles. The molecule has 0 radical (unpaired) electrons. The Morgan fingerprint density at radius 3 is 2.89 bits per heavy atom. The van der Waals surface area contributed by atoms with Crippen LogP contribution in [0.5, 0.6) is 0 Å². The minimum Gasteiger partial charge on any atom is -0.264 e. The molecule has 0 bridgehead atoms. The first-order chi connectivity index (χ1) is 8.75. The van der Waals surface area contributed by atoms with Crippen LogP contribution >= 0.6 is 11.3 Å². The average Bonchev–Trinajstić information content (AvgIpc) is 2.86. The topological polar surface area (TPSA) is 68.9 Å². The zero-order valence-electron chi connectivity index (χ0n) is 9.11. The lowest BCUT2D eigenvalue weighted by atomic mass is 10.1. The quantitative estimate of drug-likeness (QED) is 0.522. The van der Waals surface area contributed by atoms with E-state index in [1.165, 1.54) is 11.3 Å². The van der Waals surface area contributed by atoms with E-state index in [9.17, 15) is 10.1 Å². The lowest BCUT2D eigenvalue weighted by Gasteiger charge is -2.01. The molecule has 1 aromatic carbocycles. The van der Waals surface area contributed by atoms with Gasteiger partial charge >= 0.3 is 0 Å². The number of nitro groups is 1. The van der Waals surface area contributed by atoms with Crippen molar-refractivity contribution in [3.8, 4) is 11.1 Å². The van der Waals surface area contributed by atoms with Crippen LogP contribution in [0.25, 0.3) is 21.3 Å².